The number of rotatable bonds is 4. The lowest BCUT2D eigenvalue weighted by Crippen LogP contribution is -2.46. The topological polar surface area (TPSA) is 32.3 Å². The van der Waals surface area contributed by atoms with E-state index < -0.39 is 0 Å². The number of nitrogens with one attached hydrogen (secondary N) is 1. The zero-order chi connectivity index (χ0) is 15.4. The van der Waals surface area contributed by atoms with E-state index in [1.54, 1.807) is 0 Å². The third-order valence-corrected chi connectivity index (χ3v) is 5.12. The van der Waals surface area contributed by atoms with Crippen molar-refractivity contribution in [2.45, 2.75) is 57.5 Å². The van der Waals surface area contributed by atoms with E-state index in [1.807, 2.05) is 18.2 Å². The van der Waals surface area contributed by atoms with Crippen LogP contribution in [0.4, 0.5) is 0 Å². The molecule has 2 fully saturated rings. The minimum Gasteiger partial charge on any atom is -0.352 e. The number of piperidine rings is 1. The van der Waals surface area contributed by atoms with Crippen LogP contribution in [0, 0.1) is 5.92 Å². The molecule has 0 radical (unpaired) electrons. The third kappa shape index (κ3) is 3.70. The fourth-order valence-corrected chi connectivity index (χ4v) is 3.97. The Morgan fingerprint density at radius 2 is 1.86 bits per heavy atom. The Morgan fingerprint density at radius 3 is 2.55 bits per heavy atom. The molecule has 1 saturated carbocycles. The highest BCUT2D eigenvalue weighted by atomic mass is 16.2. The molecule has 2 aliphatic rings. The number of hydrogen-bond donors (Lipinski definition) is 1. The largest absolute Gasteiger partial charge is 0.352 e. The lowest BCUT2D eigenvalue weighted by Gasteiger charge is -2.37. The van der Waals surface area contributed by atoms with Crippen molar-refractivity contribution in [3.05, 3.63) is 35.9 Å². The Balaban J connectivity index is 1.77. The number of amides is 1. The van der Waals surface area contributed by atoms with Crippen LogP contribution in [0.1, 0.15) is 57.1 Å². The van der Waals surface area contributed by atoms with Crippen LogP contribution in [-0.4, -0.2) is 29.9 Å². The van der Waals surface area contributed by atoms with Crippen LogP contribution >= 0.6 is 0 Å². The number of carbonyl (C=O) groups excluding carboxylic acids is 1. The average Bonchev–Trinajstić information content (AvgIpc) is 3.01. The first-order chi connectivity index (χ1) is 10.7. The molecule has 0 aromatic heterocycles. The predicted octanol–water partition coefficient (Wildman–Crippen LogP) is 3.52. The van der Waals surface area contributed by atoms with Crippen LogP contribution < -0.4 is 5.32 Å². The molecule has 1 aromatic rings. The smallest absolute Gasteiger partial charge is 0.242 e. The SMILES string of the molecule is CC1CCCN(C(C(=O)NC2CCCC2)c2ccccc2)C1. The van der Waals surface area contributed by atoms with E-state index in [0.717, 1.165) is 31.5 Å². The summed E-state index contributed by atoms with van der Waals surface area (Å²) in [5, 5.41) is 3.31. The summed E-state index contributed by atoms with van der Waals surface area (Å²) in [6.45, 7) is 4.35. The predicted molar refractivity (Wildman–Crippen MR) is 89.6 cm³/mol. The summed E-state index contributed by atoms with van der Waals surface area (Å²) in [6, 6.07) is 10.6. The Kier molecular flexibility index (Phi) is 5.14. The zero-order valence-electron chi connectivity index (χ0n) is 13.6. The second-order valence-corrected chi connectivity index (χ2v) is 7.05. The van der Waals surface area contributed by atoms with E-state index >= 15 is 0 Å². The number of likely N-dealkylation sites (tertiary alicyclic amines) is 1. The zero-order valence-corrected chi connectivity index (χ0v) is 13.6. The van der Waals surface area contributed by atoms with Crippen LogP contribution in [0.25, 0.3) is 0 Å². The van der Waals surface area contributed by atoms with E-state index in [0.29, 0.717) is 12.0 Å². The van der Waals surface area contributed by atoms with Crippen LogP contribution in [0.15, 0.2) is 30.3 Å². The molecule has 0 spiro atoms. The molecule has 22 heavy (non-hydrogen) atoms. The van der Waals surface area contributed by atoms with Gasteiger partial charge < -0.3 is 5.32 Å². The molecule has 3 rings (SSSR count). The van der Waals surface area contributed by atoms with Gasteiger partial charge in [-0.2, -0.15) is 0 Å². The summed E-state index contributed by atoms with van der Waals surface area (Å²) in [5.41, 5.74) is 1.13. The summed E-state index contributed by atoms with van der Waals surface area (Å²) in [4.78, 5) is 15.3. The standard InChI is InChI=1S/C19H28N2O/c1-15-8-7-13-21(14-15)18(16-9-3-2-4-10-16)19(22)20-17-11-5-6-12-17/h2-4,9-10,15,17-18H,5-8,11-14H2,1H3,(H,20,22). The van der Waals surface area contributed by atoms with Crippen LogP contribution in [-0.2, 0) is 4.79 Å². The molecule has 0 bridgehead atoms. The van der Waals surface area contributed by atoms with Crippen molar-refractivity contribution in [3.8, 4) is 0 Å². The van der Waals surface area contributed by atoms with Gasteiger partial charge >= 0.3 is 0 Å². The van der Waals surface area contributed by atoms with Gasteiger partial charge in [0.15, 0.2) is 0 Å². The average molecular weight is 300 g/mol. The Hall–Kier alpha value is -1.35. The molecule has 1 aliphatic heterocycles. The van der Waals surface area contributed by atoms with Crippen LogP contribution in [0.2, 0.25) is 0 Å². The molecule has 2 unspecified atom stereocenters. The molecule has 1 saturated heterocycles. The molecule has 3 nitrogen and oxygen atoms in total. The molecule has 1 N–H and O–H groups in total. The molecule has 120 valence electrons. The summed E-state index contributed by atoms with van der Waals surface area (Å²) in [6.07, 6.45) is 7.26. The van der Waals surface area contributed by atoms with Gasteiger partial charge in [-0.05, 0) is 43.7 Å². The highest BCUT2D eigenvalue weighted by molar-refractivity contribution is 5.83. The van der Waals surface area contributed by atoms with Crippen molar-refractivity contribution < 1.29 is 4.79 Å². The van der Waals surface area contributed by atoms with E-state index in [-0.39, 0.29) is 11.9 Å². The minimum atomic E-state index is -0.121. The first kappa shape index (κ1) is 15.5. The monoisotopic (exact) mass is 300 g/mol. The minimum absolute atomic E-state index is 0.121. The van der Waals surface area contributed by atoms with Gasteiger partial charge in [0.1, 0.15) is 6.04 Å². The number of carbonyl (C=O) groups is 1. The van der Waals surface area contributed by atoms with Gasteiger partial charge in [-0.15, -0.1) is 0 Å². The van der Waals surface area contributed by atoms with Crippen molar-refractivity contribution >= 4 is 5.91 Å². The molecule has 1 amide bonds. The maximum atomic E-state index is 13.0. The Morgan fingerprint density at radius 1 is 1.14 bits per heavy atom. The van der Waals surface area contributed by atoms with Gasteiger partial charge in [-0.25, -0.2) is 0 Å². The number of hydrogen-bond acceptors (Lipinski definition) is 2. The molecular weight excluding hydrogens is 272 g/mol. The maximum absolute atomic E-state index is 13.0. The highest BCUT2D eigenvalue weighted by Crippen LogP contribution is 2.28. The van der Waals surface area contributed by atoms with Crippen molar-refractivity contribution in [2.24, 2.45) is 5.92 Å². The van der Waals surface area contributed by atoms with Gasteiger partial charge in [0.25, 0.3) is 0 Å². The van der Waals surface area contributed by atoms with Gasteiger partial charge in [-0.1, -0.05) is 50.1 Å². The lowest BCUT2D eigenvalue weighted by atomic mass is 9.95. The van der Waals surface area contributed by atoms with E-state index in [4.69, 9.17) is 0 Å². The molecule has 1 aliphatic carbocycles. The Labute approximate surface area is 134 Å². The van der Waals surface area contributed by atoms with Gasteiger partial charge in [-0.3, -0.25) is 9.69 Å². The normalized spacial score (nSPS) is 25.0. The van der Waals surface area contributed by atoms with E-state index in [1.165, 1.54) is 25.7 Å². The summed E-state index contributed by atoms with van der Waals surface area (Å²) in [5.74, 6) is 0.881. The van der Waals surface area contributed by atoms with Gasteiger partial charge in [0.2, 0.25) is 5.91 Å². The first-order valence-electron chi connectivity index (χ1n) is 8.83. The van der Waals surface area contributed by atoms with Crippen molar-refractivity contribution in [1.29, 1.82) is 0 Å². The lowest BCUT2D eigenvalue weighted by molar-refractivity contribution is -0.128. The maximum Gasteiger partial charge on any atom is 0.242 e. The van der Waals surface area contributed by atoms with Crippen molar-refractivity contribution in [2.75, 3.05) is 13.1 Å². The Bertz CT molecular complexity index is 481. The van der Waals surface area contributed by atoms with E-state index in [2.05, 4.69) is 29.3 Å². The fraction of sp³-hybridized carbons (Fsp3) is 0.632. The fourth-order valence-electron chi connectivity index (χ4n) is 3.97. The molecule has 2 atom stereocenters. The summed E-state index contributed by atoms with van der Waals surface area (Å²) >= 11 is 0. The van der Waals surface area contributed by atoms with E-state index in [9.17, 15) is 4.79 Å². The molecule has 1 heterocycles. The quantitative estimate of drug-likeness (QED) is 0.923. The number of nitrogens with zero attached hydrogens (tertiary/aromatic N) is 1. The van der Waals surface area contributed by atoms with Crippen LogP contribution in [0.5, 0.6) is 0 Å². The second kappa shape index (κ2) is 7.28. The highest BCUT2D eigenvalue weighted by Gasteiger charge is 2.32. The van der Waals surface area contributed by atoms with Crippen LogP contribution in [0.3, 0.4) is 0 Å². The summed E-state index contributed by atoms with van der Waals surface area (Å²) in [7, 11) is 0. The summed E-state index contributed by atoms with van der Waals surface area (Å²) < 4.78 is 0. The van der Waals surface area contributed by atoms with Gasteiger partial charge in [0.05, 0.1) is 0 Å². The second-order valence-electron chi connectivity index (χ2n) is 7.05. The van der Waals surface area contributed by atoms with Crippen molar-refractivity contribution in [3.63, 3.8) is 0 Å². The van der Waals surface area contributed by atoms with Crippen molar-refractivity contribution in [1.82, 2.24) is 10.2 Å². The third-order valence-electron chi connectivity index (χ3n) is 5.12. The number of benzene rings is 1. The van der Waals surface area contributed by atoms with Gasteiger partial charge in [0, 0.05) is 12.6 Å². The molecular formula is C19H28N2O. The molecule has 3 heteroatoms. The first-order valence-corrected chi connectivity index (χ1v) is 8.83. The molecule has 1 aromatic carbocycles.